The summed E-state index contributed by atoms with van der Waals surface area (Å²) in [5.74, 6) is 0.354. The molecule has 1 saturated heterocycles. The minimum absolute atomic E-state index is 0.00967. The molecule has 1 fully saturated rings. The number of fused-ring (bicyclic) bond motifs is 1. The van der Waals surface area contributed by atoms with Gasteiger partial charge in [0.05, 0.1) is 53.1 Å². The molecule has 31 heavy (non-hydrogen) atoms. The topological polar surface area (TPSA) is 98.5 Å². The van der Waals surface area contributed by atoms with Crippen LogP contribution in [0.4, 0.5) is 0 Å². The van der Waals surface area contributed by atoms with Crippen LogP contribution in [0.25, 0.3) is 11.0 Å². The van der Waals surface area contributed by atoms with Gasteiger partial charge in [-0.3, -0.25) is 9.19 Å². The van der Waals surface area contributed by atoms with E-state index >= 15 is 0 Å². The van der Waals surface area contributed by atoms with Gasteiger partial charge in [0.1, 0.15) is 5.75 Å². The molecule has 0 radical (unpaired) electrons. The van der Waals surface area contributed by atoms with Crippen LogP contribution in [0.3, 0.4) is 0 Å². The molecule has 1 atom stereocenters. The molecule has 1 unspecified atom stereocenters. The SMILES string of the molecule is Cc1cnc(CS(=O)c2nc3ccccc3n2[O-])c(C)c1OCC1COC(C)(C)OC1. The Bertz CT molecular complexity index is 1120. The molecule has 3 aromatic rings. The third kappa shape index (κ3) is 4.58. The summed E-state index contributed by atoms with van der Waals surface area (Å²) in [6, 6.07) is 6.94. The smallest absolute Gasteiger partial charge is 0.195 e. The van der Waals surface area contributed by atoms with Gasteiger partial charge in [-0.25, -0.2) is 4.98 Å². The highest BCUT2D eigenvalue weighted by molar-refractivity contribution is 7.84. The Hall–Kier alpha value is -2.49. The van der Waals surface area contributed by atoms with Crippen LogP contribution < -0.4 is 4.74 Å². The number of aromatic nitrogens is 3. The third-order valence-corrected chi connectivity index (χ3v) is 6.50. The molecule has 0 amide bonds. The maximum Gasteiger partial charge on any atom is 0.195 e. The van der Waals surface area contributed by atoms with Crippen molar-refractivity contribution < 1.29 is 18.4 Å². The molecule has 0 N–H and O–H groups in total. The van der Waals surface area contributed by atoms with Crippen LogP contribution in [-0.4, -0.2) is 44.5 Å². The summed E-state index contributed by atoms with van der Waals surface area (Å²) >= 11 is 0. The highest BCUT2D eigenvalue weighted by atomic mass is 32.2. The van der Waals surface area contributed by atoms with E-state index < -0.39 is 16.6 Å². The molecule has 1 aromatic carbocycles. The molecular weight excluding hydrogens is 418 g/mol. The van der Waals surface area contributed by atoms with Crippen molar-refractivity contribution in [3.8, 4) is 5.75 Å². The Labute approximate surface area is 183 Å². The van der Waals surface area contributed by atoms with Crippen LogP contribution in [0.2, 0.25) is 0 Å². The van der Waals surface area contributed by atoms with Crippen LogP contribution in [0.1, 0.15) is 30.7 Å². The molecule has 1 aliphatic heterocycles. The van der Waals surface area contributed by atoms with Crippen molar-refractivity contribution >= 4 is 21.8 Å². The minimum atomic E-state index is -1.64. The predicted octanol–water partition coefficient (Wildman–Crippen LogP) is 3.48. The lowest BCUT2D eigenvalue weighted by Crippen LogP contribution is -2.41. The summed E-state index contributed by atoms with van der Waals surface area (Å²) in [5.41, 5.74) is 3.24. The maximum absolute atomic E-state index is 12.9. The fraction of sp³-hybridized carbons (Fsp3) is 0.455. The van der Waals surface area contributed by atoms with Gasteiger partial charge in [0.25, 0.3) is 0 Å². The van der Waals surface area contributed by atoms with Crippen molar-refractivity contribution in [2.24, 2.45) is 5.92 Å². The summed E-state index contributed by atoms with van der Waals surface area (Å²) in [4.78, 5) is 8.69. The molecule has 0 saturated carbocycles. The molecule has 8 nitrogen and oxygen atoms in total. The van der Waals surface area contributed by atoms with E-state index in [1.165, 1.54) is 0 Å². The quantitative estimate of drug-likeness (QED) is 0.574. The van der Waals surface area contributed by atoms with Crippen LogP contribution in [0.15, 0.2) is 35.6 Å². The molecule has 3 heterocycles. The van der Waals surface area contributed by atoms with Gasteiger partial charge in [-0.1, -0.05) is 12.1 Å². The van der Waals surface area contributed by atoms with Crippen molar-refractivity contribution in [2.75, 3.05) is 19.8 Å². The van der Waals surface area contributed by atoms with Crippen molar-refractivity contribution in [1.82, 2.24) is 14.7 Å². The number of hydrogen-bond donors (Lipinski definition) is 0. The molecule has 166 valence electrons. The van der Waals surface area contributed by atoms with Gasteiger partial charge in [-0.2, -0.15) is 0 Å². The lowest BCUT2D eigenvalue weighted by Gasteiger charge is -2.34. The number of hydrogen-bond acceptors (Lipinski definition) is 7. The summed E-state index contributed by atoms with van der Waals surface area (Å²) in [6.07, 6.45) is 1.70. The number of aryl methyl sites for hydroxylation is 1. The first-order valence-corrected chi connectivity index (χ1v) is 11.5. The third-order valence-electron chi connectivity index (χ3n) is 5.30. The second kappa shape index (κ2) is 8.57. The zero-order chi connectivity index (χ0) is 22.2. The number of nitrogens with zero attached hydrogens (tertiary/aromatic N) is 3. The first-order chi connectivity index (χ1) is 14.7. The van der Waals surface area contributed by atoms with Crippen LogP contribution in [0, 0.1) is 25.0 Å². The Kier molecular flexibility index (Phi) is 6.00. The van der Waals surface area contributed by atoms with E-state index in [0.29, 0.717) is 47.0 Å². The second-order valence-corrected chi connectivity index (χ2v) is 9.55. The monoisotopic (exact) mass is 444 g/mol. The molecule has 0 aliphatic carbocycles. The Balaban J connectivity index is 1.49. The highest BCUT2D eigenvalue weighted by Crippen LogP contribution is 2.28. The van der Waals surface area contributed by atoms with Crippen molar-refractivity contribution in [3.05, 3.63) is 52.5 Å². The molecule has 4 rings (SSSR count). The summed E-state index contributed by atoms with van der Waals surface area (Å²) in [6.45, 7) is 9.16. The lowest BCUT2D eigenvalue weighted by molar-refractivity contribution is -0.264. The Morgan fingerprint density at radius 2 is 1.97 bits per heavy atom. The predicted molar refractivity (Wildman–Crippen MR) is 117 cm³/mol. The molecule has 0 spiro atoms. The van der Waals surface area contributed by atoms with Gasteiger partial charge >= 0.3 is 0 Å². The molecule has 1 aliphatic rings. The first-order valence-electron chi connectivity index (χ1n) is 10.1. The van der Waals surface area contributed by atoms with E-state index in [1.54, 1.807) is 30.5 Å². The molecule has 9 heteroatoms. The zero-order valence-corrected chi connectivity index (χ0v) is 18.9. The Morgan fingerprint density at radius 1 is 1.26 bits per heavy atom. The van der Waals surface area contributed by atoms with Gasteiger partial charge in [0.2, 0.25) is 0 Å². The van der Waals surface area contributed by atoms with Crippen LogP contribution in [-0.2, 0) is 26.0 Å². The van der Waals surface area contributed by atoms with Crippen molar-refractivity contribution in [1.29, 1.82) is 0 Å². The number of para-hydroxylation sites is 2. The number of benzene rings is 1. The van der Waals surface area contributed by atoms with E-state index in [0.717, 1.165) is 11.1 Å². The fourth-order valence-corrected chi connectivity index (χ4v) is 4.61. The van der Waals surface area contributed by atoms with Gasteiger partial charge in [0.15, 0.2) is 10.9 Å². The normalized spacial score (nSPS) is 17.7. The summed E-state index contributed by atoms with van der Waals surface area (Å²) < 4.78 is 31.1. The summed E-state index contributed by atoms with van der Waals surface area (Å²) in [7, 11) is -1.64. The second-order valence-electron chi connectivity index (χ2n) is 8.21. The van der Waals surface area contributed by atoms with Crippen LogP contribution in [0.5, 0.6) is 5.75 Å². The van der Waals surface area contributed by atoms with Gasteiger partial charge in [0, 0.05) is 23.2 Å². The molecule has 2 aromatic heterocycles. The standard InChI is InChI=1S/C22H26N3O5S/c1-14-9-23-18(13-31(27)21-24-17-7-5-6-8-19(17)25(21)26)15(2)20(14)28-10-16-11-29-22(3,4)30-12-16/h5-9,16H,10-13H2,1-4H3/q-1. The van der Waals surface area contributed by atoms with E-state index in [9.17, 15) is 9.42 Å². The number of imidazole rings is 1. The highest BCUT2D eigenvalue weighted by Gasteiger charge is 2.29. The Morgan fingerprint density at radius 3 is 2.68 bits per heavy atom. The van der Waals surface area contributed by atoms with Gasteiger partial charge in [-0.05, 0) is 39.8 Å². The van der Waals surface area contributed by atoms with E-state index in [2.05, 4.69) is 9.97 Å². The fourth-order valence-electron chi connectivity index (χ4n) is 3.46. The largest absolute Gasteiger partial charge is 0.804 e. The number of ether oxygens (including phenoxy) is 3. The molecular formula is C22H26N3O5S-. The van der Waals surface area contributed by atoms with E-state index in [1.807, 2.05) is 27.7 Å². The molecule has 0 bridgehead atoms. The number of pyridine rings is 1. The average molecular weight is 445 g/mol. The first kappa shape index (κ1) is 21.7. The number of rotatable bonds is 6. The van der Waals surface area contributed by atoms with Crippen LogP contribution >= 0.6 is 0 Å². The zero-order valence-electron chi connectivity index (χ0n) is 18.1. The minimum Gasteiger partial charge on any atom is -0.804 e. The lowest BCUT2D eigenvalue weighted by atomic mass is 10.1. The van der Waals surface area contributed by atoms with Gasteiger partial charge in [-0.15, -0.1) is 0 Å². The maximum atomic E-state index is 12.9. The van der Waals surface area contributed by atoms with Crippen molar-refractivity contribution in [3.63, 3.8) is 0 Å². The van der Waals surface area contributed by atoms with E-state index in [-0.39, 0.29) is 16.8 Å². The van der Waals surface area contributed by atoms with Gasteiger partial charge < -0.3 is 24.1 Å². The van der Waals surface area contributed by atoms with E-state index in [4.69, 9.17) is 14.2 Å². The van der Waals surface area contributed by atoms with Crippen molar-refractivity contribution in [2.45, 2.75) is 44.4 Å². The average Bonchev–Trinajstić information content (AvgIpc) is 3.08. The summed E-state index contributed by atoms with van der Waals surface area (Å²) in [5, 5.41) is 12.5.